The molecule has 4 heteroatoms. The second kappa shape index (κ2) is 4.87. The third-order valence-electron chi connectivity index (χ3n) is 2.72. The van der Waals surface area contributed by atoms with Gasteiger partial charge < -0.3 is 9.84 Å². The number of fused-ring (bicyclic) bond motifs is 1. The molecule has 0 saturated carbocycles. The molecular formula is C14H12O4. The lowest BCUT2D eigenvalue weighted by molar-refractivity contribution is -0.139. The number of Topliss-reactive ketones (excluding diaryl/α,β-unsaturated/α-hetero) is 1. The van der Waals surface area contributed by atoms with E-state index in [9.17, 15) is 14.7 Å². The molecule has 4 nitrogen and oxygen atoms in total. The first-order chi connectivity index (χ1) is 8.63. The zero-order valence-corrected chi connectivity index (χ0v) is 9.84. The van der Waals surface area contributed by atoms with Crippen LogP contribution >= 0.6 is 0 Å². The van der Waals surface area contributed by atoms with E-state index in [1.807, 2.05) is 12.1 Å². The summed E-state index contributed by atoms with van der Waals surface area (Å²) in [5.74, 6) is -1.19. The van der Waals surface area contributed by atoms with Crippen molar-refractivity contribution < 1.29 is 19.4 Å². The Morgan fingerprint density at radius 3 is 2.61 bits per heavy atom. The summed E-state index contributed by atoms with van der Waals surface area (Å²) in [4.78, 5) is 23.1. The van der Waals surface area contributed by atoms with Crippen molar-refractivity contribution in [3.05, 3.63) is 42.0 Å². The molecule has 0 aromatic heterocycles. The molecule has 0 heterocycles. The fourth-order valence-electron chi connectivity index (χ4n) is 1.84. The number of rotatable bonds is 3. The van der Waals surface area contributed by atoms with Crippen LogP contribution < -0.4 is 0 Å². The lowest BCUT2D eigenvalue weighted by Crippen LogP contribution is -2.10. The number of methoxy groups -OCH3 is 1. The molecule has 1 N–H and O–H groups in total. The molecule has 0 aliphatic rings. The lowest BCUT2D eigenvalue weighted by atomic mass is 9.99. The highest BCUT2D eigenvalue weighted by molar-refractivity contribution is 6.15. The van der Waals surface area contributed by atoms with Crippen LogP contribution in [0.15, 0.2) is 36.4 Å². The SMILES string of the molecule is COC(=O)CC(=O)c1c(O)ccc2ccccc12. The Hall–Kier alpha value is -2.36. The van der Waals surface area contributed by atoms with Crippen LogP contribution in [0.4, 0.5) is 0 Å². The molecule has 2 rings (SSSR count). The van der Waals surface area contributed by atoms with E-state index in [4.69, 9.17) is 0 Å². The van der Waals surface area contributed by atoms with Gasteiger partial charge in [-0.2, -0.15) is 0 Å². The molecule has 0 fully saturated rings. The smallest absolute Gasteiger partial charge is 0.313 e. The van der Waals surface area contributed by atoms with Crippen molar-refractivity contribution in [2.75, 3.05) is 7.11 Å². The van der Waals surface area contributed by atoms with Crippen LogP contribution in [0.1, 0.15) is 16.8 Å². The molecule has 92 valence electrons. The molecule has 2 aromatic rings. The number of carbonyl (C=O) groups is 2. The predicted octanol–water partition coefficient (Wildman–Crippen LogP) is 2.29. The van der Waals surface area contributed by atoms with Gasteiger partial charge in [-0.1, -0.05) is 30.3 Å². The minimum absolute atomic E-state index is 0.123. The first-order valence-corrected chi connectivity index (χ1v) is 5.44. The van der Waals surface area contributed by atoms with Gasteiger partial charge in [-0.05, 0) is 16.8 Å². The van der Waals surface area contributed by atoms with Gasteiger partial charge in [-0.3, -0.25) is 9.59 Å². The van der Waals surface area contributed by atoms with E-state index in [0.717, 1.165) is 5.39 Å². The van der Waals surface area contributed by atoms with Crippen molar-refractivity contribution in [2.45, 2.75) is 6.42 Å². The summed E-state index contributed by atoms with van der Waals surface area (Å²) in [7, 11) is 1.22. The van der Waals surface area contributed by atoms with Crippen molar-refractivity contribution in [3.63, 3.8) is 0 Å². The number of benzene rings is 2. The molecule has 0 aliphatic heterocycles. The van der Waals surface area contributed by atoms with Crippen molar-refractivity contribution in [3.8, 4) is 5.75 Å². The molecule has 0 radical (unpaired) electrons. The number of hydrogen-bond acceptors (Lipinski definition) is 4. The number of phenols is 1. The third kappa shape index (κ3) is 2.18. The molecule has 0 unspecified atom stereocenters. The molecule has 0 aliphatic carbocycles. The van der Waals surface area contributed by atoms with E-state index in [1.165, 1.54) is 13.2 Å². The Morgan fingerprint density at radius 2 is 1.89 bits per heavy atom. The molecule has 18 heavy (non-hydrogen) atoms. The second-order valence-corrected chi connectivity index (χ2v) is 3.86. The summed E-state index contributed by atoms with van der Waals surface area (Å²) in [6, 6.07) is 10.4. The molecule has 2 aromatic carbocycles. The van der Waals surface area contributed by atoms with Crippen LogP contribution in [-0.2, 0) is 9.53 Å². The Bertz CT molecular complexity index is 616. The Morgan fingerprint density at radius 1 is 1.17 bits per heavy atom. The van der Waals surface area contributed by atoms with E-state index in [2.05, 4.69) is 4.74 Å². The molecule has 0 saturated heterocycles. The zero-order chi connectivity index (χ0) is 13.1. The van der Waals surface area contributed by atoms with Crippen LogP contribution in [0, 0.1) is 0 Å². The number of carbonyl (C=O) groups excluding carboxylic acids is 2. The maximum atomic E-state index is 12.0. The highest BCUT2D eigenvalue weighted by Crippen LogP contribution is 2.28. The van der Waals surface area contributed by atoms with Gasteiger partial charge in [0.05, 0.1) is 12.7 Å². The number of esters is 1. The van der Waals surface area contributed by atoms with E-state index < -0.39 is 11.8 Å². The van der Waals surface area contributed by atoms with Crippen LogP contribution in [-0.4, -0.2) is 24.0 Å². The van der Waals surface area contributed by atoms with Crippen LogP contribution in [0.25, 0.3) is 10.8 Å². The number of hydrogen-bond donors (Lipinski definition) is 1. The van der Waals surface area contributed by atoms with Gasteiger partial charge in [-0.15, -0.1) is 0 Å². The first kappa shape index (κ1) is 12.1. The van der Waals surface area contributed by atoms with Crippen LogP contribution in [0.5, 0.6) is 5.75 Å². The summed E-state index contributed by atoms with van der Waals surface area (Å²) in [6.07, 6.45) is -0.377. The molecule has 0 spiro atoms. The summed E-state index contributed by atoms with van der Waals surface area (Å²) >= 11 is 0. The monoisotopic (exact) mass is 244 g/mol. The quantitative estimate of drug-likeness (QED) is 0.511. The average Bonchev–Trinajstić information content (AvgIpc) is 2.38. The lowest BCUT2D eigenvalue weighted by Gasteiger charge is -2.07. The van der Waals surface area contributed by atoms with Gasteiger partial charge in [0.1, 0.15) is 12.2 Å². The van der Waals surface area contributed by atoms with Gasteiger partial charge in [0, 0.05) is 0 Å². The van der Waals surface area contributed by atoms with Crippen molar-refractivity contribution in [2.24, 2.45) is 0 Å². The fraction of sp³-hybridized carbons (Fsp3) is 0.143. The van der Waals surface area contributed by atoms with E-state index in [1.54, 1.807) is 18.2 Å². The number of phenolic OH excluding ortho intramolecular Hbond substituents is 1. The maximum Gasteiger partial charge on any atom is 0.313 e. The van der Waals surface area contributed by atoms with Crippen molar-refractivity contribution in [1.29, 1.82) is 0 Å². The summed E-state index contributed by atoms with van der Waals surface area (Å²) in [5, 5.41) is 11.3. The predicted molar refractivity (Wildman–Crippen MR) is 66.6 cm³/mol. The van der Waals surface area contributed by atoms with Gasteiger partial charge >= 0.3 is 5.97 Å². The van der Waals surface area contributed by atoms with Crippen LogP contribution in [0.2, 0.25) is 0 Å². The summed E-state index contributed by atoms with van der Waals surface area (Å²) in [6.45, 7) is 0. The van der Waals surface area contributed by atoms with Crippen LogP contribution in [0.3, 0.4) is 0 Å². The number of ether oxygens (including phenoxy) is 1. The largest absolute Gasteiger partial charge is 0.507 e. The van der Waals surface area contributed by atoms with Gasteiger partial charge in [0.2, 0.25) is 0 Å². The minimum atomic E-state index is -0.618. The molecule has 0 bridgehead atoms. The topological polar surface area (TPSA) is 63.6 Å². The van der Waals surface area contributed by atoms with E-state index in [0.29, 0.717) is 5.39 Å². The molecule has 0 atom stereocenters. The zero-order valence-electron chi connectivity index (χ0n) is 9.84. The summed E-state index contributed by atoms with van der Waals surface area (Å²) in [5.41, 5.74) is 0.165. The highest BCUT2D eigenvalue weighted by atomic mass is 16.5. The van der Waals surface area contributed by atoms with Gasteiger partial charge in [0.25, 0.3) is 0 Å². The number of aromatic hydroxyl groups is 1. The Balaban J connectivity index is 2.52. The van der Waals surface area contributed by atoms with E-state index >= 15 is 0 Å². The first-order valence-electron chi connectivity index (χ1n) is 5.44. The minimum Gasteiger partial charge on any atom is -0.507 e. The van der Waals surface area contributed by atoms with Crippen molar-refractivity contribution >= 4 is 22.5 Å². The van der Waals surface area contributed by atoms with Crippen molar-refractivity contribution in [1.82, 2.24) is 0 Å². The molecular weight excluding hydrogens is 232 g/mol. The van der Waals surface area contributed by atoms with Gasteiger partial charge in [-0.25, -0.2) is 0 Å². The molecule has 0 amide bonds. The standard InChI is InChI=1S/C14H12O4/c1-18-13(17)8-12(16)14-10-5-3-2-4-9(10)6-7-11(14)15/h2-7,15H,8H2,1H3. The van der Waals surface area contributed by atoms with E-state index in [-0.39, 0.29) is 17.7 Å². The Labute approximate surface area is 104 Å². The average molecular weight is 244 g/mol. The Kier molecular flexibility index (Phi) is 3.28. The third-order valence-corrected chi connectivity index (χ3v) is 2.72. The summed E-state index contributed by atoms with van der Waals surface area (Å²) < 4.78 is 4.45. The highest BCUT2D eigenvalue weighted by Gasteiger charge is 2.18. The van der Waals surface area contributed by atoms with Gasteiger partial charge in [0.15, 0.2) is 5.78 Å². The second-order valence-electron chi connectivity index (χ2n) is 3.86. The normalized spacial score (nSPS) is 10.3. The number of ketones is 1. The maximum absolute atomic E-state index is 12.0. The fourth-order valence-corrected chi connectivity index (χ4v) is 1.84.